The first-order valence-electron chi connectivity index (χ1n) is 10.1. The number of anilines is 1. The maximum absolute atomic E-state index is 13.8. The number of carbonyl (C=O) groups excluding carboxylic acids is 1. The highest BCUT2D eigenvalue weighted by atomic mass is 19.4. The Balaban J connectivity index is 1.69. The summed E-state index contributed by atoms with van der Waals surface area (Å²) in [5.41, 5.74) is 11.9. The van der Waals surface area contributed by atoms with Gasteiger partial charge >= 0.3 is 12.1 Å². The Kier molecular flexibility index (Phi) is 6.03. The van der Waals surface area contributed by atoms with Crippen LogP contribution in [-0.4, -0.2) is 33.5 Å². The van der Waals surface area contributed by atoms with Crippen molar-refractivity contribution in [3.05, 3.63) is 77.1 Å². The molecule has 12 heteroatoms. The van der Waals surface area contributed by atoms with Crippen LogP contribution in [0.25, 0.3) is 16.9 Å². The minimum atomic E-state index is -4.77. The quantitative estimate of drug-likeness (QED) is 0.145. The van der Waals surface area contributed by atoms with Crippen molar-refractivity contribution in [1.82, 2.24) is 14.6 Å². The molecule has 0 aliphatic carbocycles. The van der Waals surface area contributed by atoms with Crippen molar-refractivity contribution in [2.75, 3.05) is 12.8 Å². The Labute approximate surface area is 196 Å². The summed E-state index contributed by atoms with van der Waals surface area (Å²) in [5, 5.41) is 7.31. The molecule has 9 nitrogen and oxygen atoms in total. The van der Waals surface area contributed by atoms with Gasteiger partial charge in [0.15, 0.2) is 22.9 Å². The van der Waals surface area contributed by atoms with E-state index in [4.69, 9.17) is 21.0 Å². The van der Waals surface area contributed by atoms with E-state index in [2.05, 4.69) is 15.2 Å². The van der Waals surface area contributed by atoms with E-state index in [0.717, 1.165) is 12.1 Å². The molecule has 2 aromatic heterocycles. The average molecular weight is 484 g/mol. The van der Waals surface area contributed by atoms with Crippen molar-refractivity contribution in [3.63, 3.8) is 0 Å². The van der Waals surface area contributed by atoms with Gasteiger partial charge in [-0.15, -0.1) is 0 Å². The summed E-state index contributed by atoms with van der Waals surface area (Å²) >= 11 is 0. The number of ether oxygens (including phenoxy) is 1. The van der Waals surface area contributed by atoms with Crippen LogP contribution in [0.1, 0.15) is 27.3 Å². The predicted octanol–water partition coefficient (Wildman–Crippen LogP) is 3.79. The molecule has 0 saturated carbocycles. The molecule has 0 aliphatic heterocycles. The van der Waals surface area contributed by atoms with E-state index in [1.807, 2.05) is 0 Å². The van der Waals surface area contributed by atoms with Crippen LogP contribution in [-0.2, 0) is 11.0 Å². The fourth-order valence-electron chi connectivity index (χ4n) is 3.30. The molecular weight excluding hydrogens is 465 g/mol. The van der Waals surface area contributed by atoms with Gasteiger partial charge in [-0.25, -0.2) is 14.3 Å². The van der Waals surface area contributed by atoms with Gasteiger partial charge < -0.3 is 21.0 Å². The van der Waals surface area contributed by atoms with E-state index in [-0.39, 0.29) is 17.2 Å². The fraction of sp³-hybridized carbons (Fsp3) is 0.130. The molecular formula is C23H19F3N6O3. The molecule has 2 heterocycles. The highest BCUT2D eigenvalue weighted by Gasteiger charge is 2.36. The number of nitrogens with zero attached hydrogens (tertiary/aromatic N) is 4. The maximum atomic E-state index is 13.8. The van der Waals surface area contributed by atoms with Gasteiger partial charge in [0.2, 0.25) is 0 Å². The lowest BCUT2D eigenvalue weighted by Crippen LogP contribution is -2.17. The maximum Gasteiger partial charge on any atom is 0.433 e. The van der Waals surface area contributed by atoms with Gasteiger partial charge in [-0.2, -0.15) is 18.3 Å². The number of hydrogen-bond donors (Lipinski definition) is 2. The molecule has 4 aromatic rings. The third-order valence-corrected chi connectivity index (χ3v) is 5.19. The first-order chi connectivity index (χ1) is 16.6. The number of halogens is 3. The van der Waals surface area contributed by atoms with E-state index in [1.54, 1.807) is 49.4 Å². The van der Waals surface area contributed by atoms with Crippen LogP contribution in [0.4, 0.5) is 18.9 Å². The molecule has 0 bridgehead atoms. The van der Waals surface area contributed by atoms with Crippen molar-refractivity contribution >= 4 is 23.1 Å². The predicted molar refractivity (Wildman–Crippen MR) is 122 cm³/mol. The van der Waals surface area contributed by atoms with Crippen LogP contribution >= 0.6 is 0 Å². The van der Waals surface area contributed by atoms with Gasteiger partial charge in [-0.1, -0.05) is 17.3 Å². The highest BCUT2D eigenvalue weighted by molar-refractivity contribution is 6.00. The number of oxime groups is 1. The number of hydrogen-bond acceptors (Lipinski definition) is 7. The van der Waals surface area contributed by atoms with Gasteiger partial charge in [0.1, 0.15) is 5.75 Å². The second-order valence-corrected chi connectivity index (χ2v) is 7.43. The Hall–Kier alpha value is -4.61. The molecule has 0 amide bonds. The van der Waals surface area contributed by atoms with Crippen LogP contribution in [0.5, 0.6) is 5.75 Å². The van der Waals surface area contributed by atoms with E-state index in [9.17, 15) is 18.0 Å². The SMILES string of the molecule is COc1ccc(-c2cc(C(F)(F)F)n3nc(C(=O)O/N=C(\N)c4cccc(N)c4C)cc3n2)cc1. The number of nitrogen functional groups attached to an aromatic ring is 1. The molecule has 0 aliphatic rings. The summed E-state index contributed by atoms with van der Waals surface area (Å²) in [6.07, 6.45) is -4.77. The van der Waals surface area contributed by atoms with Crippen LogP contribution in [0, 0.1) is 6.92 Å². The van der Waals surface area contributed by atoms with Crippen molar-refractivity contribution in [1.29, 1.82) is 0 Å². The Morgan fingerprint density at radius 3 is 2.49 bits per heavy atom. The minimum Gasteiger partial charge on any atom is -0.497 e. The number of aromatic nitrogens is 3. The topological polar surface area (TPSA) is 130 Å². The normalized spacial score (nSPS) is 12.1. The molecule has 0 atom stereocenters. The van der Waals surface area contributed by atoms with Crippen molar-refractivity contribution in [2.45, 2.75) is 13.1 Å². The Morgan fingerprint density at radius 2 is 1.83 bits per heavy atom. The molecule has 180 valence electrons. The molecule has 4 rings (SSSR count). The number of alkyl halides is 3. The summed E-state index contributed by atoms with van der Waals surface area (Å²) in [6, 6.07) is 13.2. The number of nitrogens with two attached hydrogens (primary N) is 2. The lowest BCUT2D eigenvalue weighted by atomic mass is 10.1. The van der Waals surface area contributed by atoms with Gasteiger partial charge in [-0.3, -0.25) is 0 Å². The number of fused-ring (bicyclic) bond motifs is 1. The third-order valence-electron chi connectivity index (χ3n) is 5.19. The van der Waals surface area contributed by atoms with Gasteiger partial charge in [0, 0.05) is 22.9 Å². The molecule has 0 spiro atoms. The standard InChI is InChI=1S/C23H19F3N6O3/c1-12-15(4-3-5-16(12)27)21(28)31-35-22(33)18-11-20-29-17(13-6-8-14(34-2)9-7-13)10-19(23(24,25)26)32(20)30-18/h3-11H,27H2,1-2H3,(H2,28,31). The molecule has 0 unspecified atom stereocenters. The largest absolute Gasteiger partial charge is 0.497 e. The summed E-state index contributed by atoms with van der Waals surface area (Å²) < 4.78 is 46.9. The second-order valence-electron chi connectivity index (χ2n) is 7.43. The number of amidine groups is 1. The molecule has 0 radical (unpaired) electrons. The van der Waals surface area contributed by atoms with Crippen LogP contribution in [0.2, 0.25) is 0 Å². The van der Waals surface area contributed by atoms with Crippen LogP contribution in [0.3, 0.4) is 0 Å². The average Bonchev–Trinajstić information content (AvgIpc) is 3.27. The minimum absolute atomic E-state index is 0.0340. The van der Waals surface area contributed by atoms with Crippen molar-refractivity contribution in [3.8, 4) is 17.0 Å². The molecule has 4 N–H and O–H groups in total. The summed E-state index contributed by atoms with van der Waals surface area (Å²) in [5.74, 6) is -0.713. The number of rotatable bonds is 5. The van der Waals surface area contributed by atoms with Crippen molar-refractivity contribution < 1.29 is 27.5 Å². The highest BCUT2D eigenvalue weighted by Crippen LogP contribution is 2.32. The van der Waals surface area contributed by atoms with Gasteiger partial charge in [-0.05, 0) is 48.9 Å². The van der Waals surface area contributed by atoms with Gasteiger partial charge in [0.05, 0.1) is 12.8 Å². The first kappa shape index (κ1) is 23.5. The zero-order chi connectivity index (χ0) is 25.3. The van der Waals surface area contributed by atoms with E-state index in [0.29, 0.717) is 32.6 Å². The zero-order valence-electron chi connectivity index (χ0n) is 18.5. The summed E-state index contributed by atoms with van der Waals surface area (Å²) in [6.45, 7) is 1.71. The monoisotopic (exact) mass is 484 g/mol. The van der Waals surface area contributed by atoms with E-state index in [1.165, 1.54) is 7.11 Å². The summed E-state index contributed by atoms with van der Waals surface area (Å²) in [4.78, 5) is 21.5. The lowest BCUT2D eigenvalue weighted by molar-refractivity contribution is -0.142. The number of carbonyl (C=O) groups is 1. The van der Waals surface area contributed by atoms with Crippen LogP contribution in [0.15, 0.2) is 59.8 Å². The first-order valence-corrected chi connectivity index (χ1v) is 10.1. The Morgan fingerprint density at radius 1 is 1.11 bits per heavy atom. The molecule has 0 saturated heterocycles. The zero-order valence-corrected chi connectivity index (χ0v) is 18.5. The van der Waals surface area contributed by atoms with Gasteiger partial charge in [0.25, 0.3) is 0 Å². The third kappa shape index (κ3) is 4.71. The number of methoxy groups -OCH3 is 1. The van der Waals surface area contributed by atoms with Crippen molar-refractivity contribution in [2.24, 2.45) is 10.9 Å². The van der Waals surface area contributed by atoms with E-state index < -0.39 is 23.5 Å². The molecule has 35 heavy (non-hydrogen) atoms. The summed E-state index contributed by atoms with van der Waals surface area (Å²) in [7, 11) is 1.47. The Bertz CT molecular complexity index is 1450. The fourth-order valence-corrected chi connectivity index (χ4v) is 3.30. The van der Waals surface area contributed by atoms with E-state index >= 15 is 0 Å². The smallest absolute Gasteiger partial charge is 0.433 e. The second kappa shape index (κ2) is 8.97. The molecule has 0 fully saturated rings. The number of benzene rings is 2. The lowest BCUT2D eigenvalue weighted by Gasteiger charge is -2.11. The molecule has 2 aromatic carbocycles. The van der Waals surface area contributed by atoms with Crippen LogP contribution < -0.4 is 16.2 Å².